The fourth-order valence-electron chi connectivity index (χ4n) is 2.54. The van der Waals surface area contributed by atoms with Crippen molar-refractivity contribution < 1.29 is 9.59 Å². The van der Waals surface area contributed by atoms with Crippen LogP contribution in [0.3, 0.4) is 0 Å². The van der Waals surface area contributed by atoms with Crippen molar-refractivity contribution in [3.63, 3.8) is 0 Å². The van der Waals surface area contributed by atoms with E-state index in [0.717, 1.165) is 24.2 Å². The van der Waals surface area contributed by atoms with Crippen LogP contribution in [-0.2, 0) is 9.59 Å². The number of piperidine rings is 1. The molecule has 1 atom stereocenters. The lowest BCUT2D eigenvalue weighted by Crippen LogP contribution is -2.48. The number of carbonyl (C=O) groups excluding carboxylic acids is 2. The Morgan fingerprint density at radius 1 is 1.27 bits per heavy atom. The molecule has 2 amide bonds. The van der Waals surface area contributed by atoms with Gasteiger partial charge in [0.1, 0.15) is 0 Å². The summed E-state index contributed by atoms with van der Waals surface area (Å²) < 4.78 is 0. The number of likely N-dealkylation sites (N-methyl/N-ethyl adjacent to an activating group) is 2. The maximum atomic E-state index is 12.1. The van der Waals surface area contributed by atoms with Crippen LogP contribution in [0.15, 0.2) is 24.3 Å². The van der Waals surface area contributed by atoms with E-state index in [4.69, 9.17) is 5.73 Å². The zero-order chi connectivity index (χ0) is 16.3. The number of amides is 2. The number of nitrogens with two attached hydrogens (primary N) is 1. The quantitative estimate of drug-likeness (QED) is 0.887. The first-order chi connectivity index (χ1) is 10.4. The molecule has 6 nitrogen and oxygen atoms in total. The fraction of sp³-hybridized carbons (Fsp3) is 0.500. The van der Waals surface area contributed by atoms with Gasteiger partial charge in [0, 0.05) is 25.0 Å². The molecule has 0 aliphatic carbocycles. The monoisotopic (exact) mass is 304 g/mol. The van der Waals surface area contributed by atoms with Crippen LogP contribution in [0.2, 0.25) is 0 Å². The maximum Gasteiger partial charge on any atom is 0.243 e. The van der Waals surface area contributed by atoms with Crippen molar-refractivity contribution in [3.8, 4) is 0 Å². The van der Waals surface area contributed by atoms with Crippen LogP contribution in [0.5, 0.6) is 0 Å². The molecule has 1 aromatic carbocycles. The molecule has 120 valence electrons. The third-order valence-corrected chi connectivity index (χ3v) is 3.85. The van der Waals surface area contributed by atoms with Crippen LogP contribution < -0.4 is 15.5 Å². The molecule has 1 saturated heterocycles. The predicted octanol–water partition coefficient (Wildman–Crippen LogP) is 0.665. The van der Waals surface area contributed by atoms with Gasteiger partial charge in [0.05, 0.1) is 12.6 Å². The molecule has 1 fully saturated rings. The first-order valence-electron chi connectivity index (χ1n) is 7.48. The first kappa shape index (κ1) is 16.5. The number of benzene rings is 1. The van der Waals surface area contributed by atoms with Gasteiger partial charge in [-0.25, -0.2) is 0 Å². The van der Waals surface area contributed by atoms with E-state index in [0.29, 0.717) is 13.1 Å². The summed E-state index contributed by atoms with van der Waals surface area (Å²) in [6, 6.07) is 7.04. The normalized spacial score (nSPS) is 18.7. The second-order valence-electron chi connectivity index (χ2n) is 5.95. The number of nitrogens with zero attached hydrogens (tertiary/aromatic N) is 3. The number of carbonyl (C=O) groups is 2. The summed E-state index contributed by atoms with van der Waals surface area (Å²) in [5, 5.41) is 0. The Morgan fingerprint density at radius 3 is 2.50 bits per heavy atom. The smallest absolute Gasteiger partial charge is 0.243 e. The molecule has 2 N–H and O–H groups in total. The Labute approximate surface area is 131 Å². The molecular weight excluding hydrogens is 280 g/mol. The molecule has 6 heteroatoms. The van der Waals surface area contributed by atoms with Crippen LogP contribution in [-0.4, -0.2) is 57.0 Å². The van der Waals surface area contributed by atoms with Crippen molar-refractivity contribution in [1.82, 2.24) is 4.90 Å². The van der Waals surface area contributed by atoms with Gasteiger partial charge in [0.2, 0.25) is 11.8 Å². The Kier molecular flexibility index (Phi) is 5.15. The van der Waals surface area contributed by atoms with E-state index in [9.17, 15) is 9.59 Å². The van der Waals surface area contributed by atoms with E-state index in [1.54, 1.807) is 16.8 Å². The zero-order valence-electron chi connectivity index (χ0n) is 13.5. The summed E-state index contributed by atoms with van der Waals surface area (Å²) in [6.07, 6.45) is 1.66. The molecule has 1 aliphatic rings. The lowest BCUT2D eigenvalue weighted by Gasteiger charge is -2.30. The number of hydrogen-bond donors (Lipinski definition) is 1. The lowest BCUT2D eigenvalue weighted by molar-refractivity contribution is -0.121. The Morgan fingerprint density at radius 2 is 1.91 bits per heavy atom. The van der Waals surface area contributed by atoms with Crippen LogP contribution in [0.1, 0.15) is 12.8 Å². The molecule has 0 radical (unpaired) electrons. The molecule has 1 aromatic rings. The Balaban J connectivity index is 2.10. The molecule has 1 aliphatic heterocycles. The summed E-state index contributed by atoms with van der Waals surface area (Å²) in [4.78, 5) is 29.3. The predicted molar refractivity (Wildman–Crippen MR) is 88.0 cm³/mol. The van der Waals surface area contributed by atoms with Crippen LogP contribution >= 0.6 is 0 Å². The van der Waals surface area contributed by atoms with E-state index in [1.807, 2.05) is 43.3 Å². The second kappa shape index (κ2) is 6.89. The highest BCUT2D eigenvalue weighted by Gasteiger charge is 2.26. The number of rotatable bonds is 4. The average Bonchev–Trinajstić information content (AvgIpc) is 2.49. The van der Waals surface area contributed by atoms with Gasteiger partial charge in [-0.2, -0.15) is 0 Å². The first-order valence-corrected chi connectivity index (χ1v) is 7.48. The van der Waals surface area contributed by atoms with E-state index < -0.39 is 6.04 Å². The third kappa shape index (κ3) is 3.64. The van der Waals surface area contributed by atoms with Gasteiger partial charge in [-0.15, -0.1) is 0 Å². The van der Waals surface area contributed by atoms with Gasteiger partial charge >= 0.3 is 0 Å². The second-order valence-corrected chi connectivity index (χ2v) is 5.95. The minimum atomic E-state index is -0.405. The van der Waals surface area contributed by atoms with Gasteiger partial charge in [-0.3, -0.25) is 9.59 Å². The van der Waals surface area contributed by atoms with Crippen molar-refractivity contribution in [3.05, 3.63) is 24.3 Å². The van der Waals surface area contributed by atoms with Crippen molar-refractivity contribution in [2.45, 2.75) is 18.9 Å². The molecule has 1 unspecified atom stereocenters. The summed E-state index contributed by atoms with van der Waals surface area (Å²) in [5.74, 6) is -0.00939. The molecule has 1 heterocycles. The van der Waals surface area contributed by atoms with Crippen molar-refractivity contribution in [2.75, 3.05) is 44.0 Å². The lowest BCUT2D eigenvalue weighted by atomic mass is 10.0. The number of anilines is 2. The maximum absolute atomic E-state index is 12.1. The van der Waals surface area contributed by atoms with E-state index in [1.165, 1.54) is 0 Å². The van der Waals surface area contributed by atoms with Gasteiger partial charge in [0.15, 0.2) is 0 Å². The third-order valence-electron chi connectivity index (χ3n) is 3.85. The zero-order valence-corrected chi connectivity index (χ0v) is 13.5. The molecule has 0 saturated carbocycles. The highest BCUT2D eigenvalue weighted by molar-refractivity contribution is 5.98. The van der Waals surface area contributed by atoms with E-state index >= 15 is 0 Å². The molecule has 22 heavy (non-hydrogen) atoms. The van der Waals surface area contributed by atoms with Crippen molar-refractivity contribution in [1.29, 1.82) is 0 Å². The summed E-state index contributed by atoms with van der Waals surface area (Å²) >= 11 is 0. The molecular formula is C16H24N4O2. The topological polar surface area (TPSA) is 69.9 Å². The van der Waals surface area contributed by atoms with Gasteiger partial charge in [-0.05, 0) is 51.2 Å². The summed E-state index contributed by atoms with van der Waals surface area (Å²) in [5.41, 5.74) is 7.46. The Hall–Kier alpha value is -1.92. The van der Waals surface area contributed by atoms with Crippen molar-refractivity contribution >= 4 is 23.2 Å². The highest BCUT2D eigenvalue weighted by Crippen LogP contribution is 2.23. The van der Waals surface area contributed by atoms with Gasteiger partial charge in [-0.1, -0.05) is 0 Å². The molecule has 0 spiro atoms. The standard InChI is InChI=1S/C16H24N4O2/c1-18(2)11-15(21)19(3)12-6-8-13(9-7-12)20-10-4-5-14(17)16(20)22/h6-9,14H,4-5,10-11,17H2,1-3H3. The van der Waals surface area contributed by atoms with Gasteiger partial charge in [0.25, 0.3) is 0 Å². The fourth-order valence-corrected chi connectivity index (χ4v) is 2.54. The SMILES string of the molecule is CN(C)CC(=O)N(C)c1ccc(N2CCCC(N)C2=O)cc1. The van der Waals surface area contributed by atoms with Gasteiger partial charge < -0.3 is 20.4 Å². The number of hydrogen-bond acceptors (Lipinski definition) is 4. The average molecular weight is 304 g/mol. The van der Waals surface area contributed by atoms with Crippen molar-refractivity contribution in [2.24, 2.45) is 5.73 Å². The minimum Gasteiger partial charge on any atom is -0.320 e. The molecule has 0 bridgehead atoms. The summed E-state index contributed by atoms with van der Waals surface area (Å²) in [7, 11) is 5.48. The highest BCUT2D eigenvalue weighted by atomic mass is 16.2. The van der Waals surface area contributed by atoms with Crippen LogP contribution in [0, 0.1) is 0 Å². The summed E-state index contributed by atoms with van der Waals surface area (Å²) in [6.45, 7) is 1.05. The van der Waals surface area contributed by atoms with Crippen LogP contribution in [0.4, 0.5) is 11.4 Å². The Bertz CT molecular complexity index is 542. The minimum absolute atomic E-state index is 0.0221. The molecule has 2 rings (SSSR count). The van der Waals surface area contributed by atoms with E-state index in [2.05, 4.69) is 0 Å². The van der Waals surface area contributed by atoms with E-state index in [-0.39, 0.29) is 11.8 Å². The largest absolute Gasteiger partial charge is 0.320 e. The molecule has 0 aromatic heterocycles. The van der Waals surface area contributed by atoms with Crippen LogP contribution in [0.25, 0.3) is 0 Å².